The predicted octanol–water partition coefficient (Wildman–Crippen LogP) is -0.113. The first-order valence-corrected chi connectivity index (χ1v) is 3.08. The van der Waals surface area contributed by atoms with E-state index in [9.17, 15) is 8.78 Å². The van der Waals surface area contributed by atoms with Crippen LogP contribution in [0.3, 0.4) is 0 Å². The van der Waals surface area contributed by atoms with Gasteiger partial charge < -0.3 is 14.9 Å². The van der Waals surface area contributed by atoms with Crippen LogP contribution in [0, 0.1) is 0 Å². The molecule has 0 saturated carbocycles. The topological polar surface area (TPSA) is 49.7 Å². The summed E-state index contributed by atoms with van der Waals surface area (Å²) in [6.07, 6.45) is -1.61. The van der Waals surface area contributed by atoms with Gasteiger partial charge in [0.25, 0.3) is 5.92 Å². The first-order valence-electron chi connectivity index (χ1n) is 3.08. The number of aliphatic hydroxyl groups is 2. The van der Waals surface area contributed by atoms with E-state index in [0.29, 0.717) is 6.08 Å². The van der Waals surface area contributed by atoms with Crippen molar-refractivity contribution in [2.45, 2.75) is 18.3 Å². The number of hydrogen-bond donors (Lipinski definition) is 2. The van der Waals surface area contributed by atoms with Crippen molar-refractivity contribution in [2.24, 2.45) is 0 Å². The molecule has 1 rings (SSSR count). The lowest BCUT2D eigenvalue weighted by Crippen LogP contribution is -2.42. The maximum Gasteiger partial charge on any atom is 0.294 e. The number of rotatable bonds is 1. The Balaban J connectivity index is 2.72. The lowest BCUT2D eigenvalue weighted by Gasteiger charge is -2.28. The number of ether oxygens (including phenoxy) is 1. The molecule has 0 radical (unpaired) electrons. The number of halogens is 2. The Morgan fingerprint density at radius 2 is 2.18 bits per heavy atom. The molecular weight excluding hydrogens is 158 g/mol. The van der Waals surface area contributed by atoms with Gasteiger partial charge in [0.1, 0.15) is 0 Å². The molecule has 3 nitrogen and oxygen atoms in total. The molecule has 0 aromatic rings. The Bertz CT molecular complexity index is 169. The van der Waals surface area contributed by atoms with Gasteiger partial charge in [-0.1, -0.05) is 0 Å². The minimum absolute atomic E-state index is 0.530. The Morgan fingerprint density at radius 1 is 1.55 bits per heavy atom. The van der Waals surface area contributed by atoms with Gasteiger partial charge in [0.05, 0.1) is 6.61 Å². The van der Waals surface area contributed by atoms with E-state index < -0.39 is 24.9 Å². The summed E-state index contributed by atoms with van der Waals surface area (Å²) < 4.78 is 29.4. The molecule has 1 heterocycles. The largest absolute Gasteiger partial charge is 0.393 e. The van der Waals surface area contributed by atoms with E-state index in [1.165, 1.54) is 0 Å². The van der Waals surface area contributed by atoms with Gasteiger partial charge in [0, 0.05) is 0 Å². The third kappa shape index (κ3) is 1.74. The molecule has 0 spiro atoms. The van der Waals surface area contributed by atoms with Crippen molar-refractivity contribution in [2.75, 3.05) is 6.61 Å². The van der Waals surface area contributed by atoms with Crippen LogP contribution in [-0.4, -0.2) is 35.1 Å². The Kier molecular flexibility index (Phi) is 2.22. The Hall–Kier alpha value is -0.520. The Morgan fingerprint density at radius 3 is 2.64 bits per heavy atom. The molecule has 64 valence electrons. The van der Waals surface area contributed by atoms with Crippen molar-refractivity contribution >= 4 is 0 Å². The molecule has 0 saturated heterocycles. The maximum atomic E-state index is 12.6. The summed E-state index contributed by atoms with van der Waals surface area (Å²) in [5, 5.41) is 17.1. The van der Waals surface area contributed by atoms with E-state index in [0.717, 1.165) is 6.08 Å². The minimum Gasteiger partial charge on any atom is -0.393 e. The average molecular weight is 166 g/mol. The van der Waals surface area contributed by atoms with Crippen LogP contribution in [0.1, 0.15) is 0 Å². The first kappa shape index (κ1) is 8.58. The fourth-order valence-corrected chi connectivity index (χ4v) is 0.787. The summed E-state index contributed by atoms with van der Waals surface area (Å²) in [6.45, 7) is -0.811. The van der Waals surface area contributed by atoms with Crippen LogP contribution in [0.5, 0.6) is 0 Å². The van der Waals surface area contributed by atoms with Crippen LogP contribution in [0.25, 0.3) is 0 Å². The third-order valence-corrected chi connectivity index (χ3v) is 1.38. The van der Waals surface area contributed by atoms with E-state index in [1.54, 1.807) is 0 Å². The number of alkyl halides is 2. The highest BCUT2D eigenvalue weighted by Crippen LogP contribution is 2.27. The molecule has 1 unspecified atom stereocenters. The fourth-order valence-electron chi connectivity index (χ4n) is 0.787. The number of aliphatic hydroxyl groups excluding tert-OH is 2. The molecule has 0 aromatic carbocycles. The van der Waals surface area contributed by atoms with Crippen LogP contribution < -0.4 is 0 Å². The van der Waals surface area contributed by atoms with Crippen molar-refractivity contribution < 1.29 is 23.7 Å². The average Bonchev–Trinajstić information content (AvgIpc) is 1.94. The summed E-state index contributed by atoms with van der Waals surface area (Å²) in [6, 6.07) is 0. The van der Waals surface area contributed by atoms with E-state index in [-0.39, 0.29) is 0 Å². The van der Waals surface area contributed by atoms with Crippen molar-refractivity contribution in [3.63, 3.8) is 0 Å². The smallest absolute Gasteiger partial charge is 0.294 e. The predicted molar refractivity (Wildman–Crippen MR) is 32.1 cm³/mol. The molecule has 2 N–H and O–H groups in total. The molecule has 1 aliphatic rings. The maximum absolute atomic E-state index is 12.6. The molecule has 1 aliphatic heterocycles. The van der Waals surface area contributed by atoms with Gasteiger partial charge in [0.2, 0.25) is 0 Å². The van der Waals surface area contributed by atoms with Gasteiger partial charge in [-0.05, 0) is 12.2 Å². The molecule has 0 aliphatic carbocycles. The van der Waals surface area contributed by atoms with Crippen molar-refractivity contribution in [1.82, 2.24) is 0 Å². The van der Waals surface area contributed by atoms with E-state index in [2.05, 4.69) is 4.74 Å². The second-order valence-corrected chi connectivity index (χ2v) is 2.23. The third-order valence-electron chi connectivity index (χ3n) is 1.38. The van der Waals surface area contributed by atoms with Crippen LogP contribution in [0.15, 0.2) is 12.2 Å². The number of hydrogen-bond acceptors (Lipinski definition) is 3. The molecule has 0 aromatic heterocycles. The zero-order valence-electron chi connectivity index (χ0n) is 5.58. The van der Waals surface area contributed by atoms with Crippen molar-refractivity contribution in [1.29, 1.82) is 0 Å². The monoisotopic (exact) mass is 166 g/mol. The van der Waals surface area contributed by atoms with Crippen LogP contribution >= 0.6 is 0 Å². The molecule has 2 atom stereocenters. The molecule has 5 heteroatoms. The minimum atomic E-state index is -3.19. The van der Waals surface area contributed by atoms with Gasteiger partial charge in [-0.15, -0.1) is 0 Å². The van der Waals surface area contributed by atoms with E-state index in [1.807, 2.05) is 0 Å². The lowest BCUT2D eigenvalue weighted by molar-refractivity contribution is -0.200. The van der Waals surface area contributed by atoms with Gasteiger partial charge >= 0.3 is 0 Å². The van der Waals surface area contributed by atoms with E-state index >= 15 is 0 Å². The molecule has 11 heavy (non-hydrogen) atoms. The summed E-state index contributed by atoms with van der Waals surface area (Å²) in [7, 11) is 0. The second kappa shape index (κ2) is 2.84. The molecule has 0 fully saturated rings. The fraction of sp³-hybridized carbons (Fsp3) is 0.667. The molecule has 0 amide bonds. The van der Waals surface area contributed by atoms with Gasteiger partial charge in [-0.3, -0.25) is 0 Å². The highest BCUT2D eigenvalue weighted by molar-refractivity contribution is 5.04. The molecular formula is C6H8F2O3. The van der Waals surface area contributed by atoms with E-state index in [4.69, 9.17) is 10.2 Å². The SMILES string of the molecule is OC[C@H]1OC(O)C=CC1(F)F. The summed E-state index contributed by atoms with van der Waals surface area (Å²) >= 11 is 0. The first-order chi connectivity index (χ1) is 5.06. The molecule has 0 bridgehead atoms. The summed E-state index contributed by atoms with van der Waals surface area (Å²) in [5.74, 6) is -3.19. The highest BCUT2D eigenvalue weighted by Gasteiger charge is 2.41. The lowest BCUT2D eigenvalue weighted by atomic mass is 10.1. The van der Waals surface area contributed by atoms with Gasteiger partial charge in [0.15, 0.2) is 12.4 Å². The summed E-state index contributed by atoms with van der Waals surface area (Å²) in [4.78, 5) is 0. The zero-order valence-corrected chi connectivity index (χ0v) is 5.58. The van der Waals surface area contributed by atoms with Gasteiger partial charge in [-0.2, -0.15) is 8.78 Å². The normalized spacial score (nSPS) is 35.6. The standard InChI is InChI=1S/C6H8F2O3/c7-6(8)2-1-5(10)11-4(6)3-9/h1-2,4-5,9-10H,3H2/t4-,5?/m1/s1. The van der Waals surface area contributed by atoms with Crippen molar-refractivity contribution in [3.05, 3.63) is 12.2 Å². The van der Waals surface area contributed by atoms with Crippen LogP contribution in [0.4, 0.5) is 8.78 Å². The zero-order chi connectivity index (χ0) is 8.48. The second-order valence-electron chi connectivity index (χ2n) is 2.23. The van der Waals surface area contributed by atoms with Gasteiger partial charge in [-0.25, -0.2) is 0 Å². The highest BCUT2D eigenvalue weighted by atomic mass is 19.3. The quantitative estimate of drug-likeness (QED) is 0.534. The summed E-state index contributed by atoms with van der Waals surface area (Å²) in [5.41, 5.74) is 0. The van der Waals surface area contributed by atoms with Crippen LogP contribution in [0.2, 0.25) is 0 Å². The van der Waals surface area contributed by atoms with Crippen molar-refractivity contribution in [3.8, 4) is 0 Å². The Labute approximate surface area is 61.9 Å². The van der Waals surface area contributed by atoms with Crippen LogP contribution in [-0.2, 0) is 4.74 Å².